The molecule has 0 radical (unpaired) electrons. The van der Waals surface area contributed by atoms with Crippen LogP contribution in [0.3, 0.4) is 0 Å². The van der Waals surface area contributed by atoms with E-state index in [1.54, 1.807) is 12.1 Å². The molecule has 0 aliphatic carbocycles. The minimum absolute atomic E-state index is 0.0811. The molecule has 0 aromatic heterocycles. The molecule has 1 heterocycles. The van der Waals surface area contributed by atoms with Crippen molar-refractivity contribution in [2.45, 2.75) is 32.6 Å². The zero-order chi connectivity index (χ0) is 26.6. The number of hydrogen-bond donors (Lipinski definition) is 2. The molecule has 2 atom stereocenters. The summed E-state index contributed by atoms with van der Waals surface area (Å²) in [5, 5.41) is 11.2. The number of piperazine rings is 1. The zero-order valence-electron chi connectivity index (χ0n) is 21.0. The minimum atomic E-state index is -4.26. The number of anilines is 2. The highest BCUT2D eigenvalue weighted by molar-refractivity contribution is 5.88. The largest absolute Gasteiger partial charge is 0.392 e. The molecule has 1 aliphatic rings. The van der Waals surface area contributed by atoms with Crippen molar-refractivity contribution < 1.29 is 17.6 Å². The van der Waals surface area contributed by atoms with Crippen LogP contribution in [0.1, 0.15) is 35.2 Å². The van der Waals surface area contributed by atoms with Crippen LogP contribution in [0.25, 0.3) is 0 Å². The second-order valence-corrected chi connectivity index (χ2v) is 9.75. The molecule has 4 nitrogen and oxygen atoms in total. The Morgan fingerprint density at radius 2 is 1.76 bits per heavy atom. The third-order valence-corrected chi connectivity index (χ3v) is 6.97. The van der Waals surface area contributed by atoms with Crippen molar-refractivity contribution in [1.29, 1.82) is 5.41 Å². The molecule has 1 aliphatic heterocycles. The van der Waals surface area contributed by atoms with Crippen LogP contribution in [0.2, 0.25) is 0 Å². The molecular formula is C29H32F4N4. The van der Waals surface area contributed by atoms with Gasteiger partial charge in [0.1, 0.15) is 5.82 Å². The number of alkyl halides is 3. The Kier molecular flexibility index (Phi) is 8.29. The summed E-state index contributed by atoms with van der Waals surface area (Å²) < 4.78 is 53.8. The fourth-order valence-electron chi connectivity index (χ4n) is 4.85. The lowest BCUT2D eigenvalue weighted by Gasteiger charge is -2.43. The maximum Gasteiger partial charge on any atom is 0.392 e. The lowest BCUT2D eigenvalue weighted by molar-refractivity contribution is -0.177. The molecule has 37 heavy (non-hydrogen) atoms. The van der Waals surface area contributed by atoms with E-state index in [0.29, 0.717) is 36.6 Å². The van der Waals surface area contributed by atoms with Crippen molar-refractivity contribution in [3.05, 3.63) is 94.8 Å². The van der Waals surface area contributed by atoms with Crippen LogP contribution in [0.15, 0.2) is 66.7 Å². The summed E-state index contributed by atoms with van der Waals surface area (Å²) in [7, 11) is 0. The van der Waals surface area contributed by atoms with Gasteiger partial charge in [0.25, 0.3) is 0 Å². The third-order valence-electron chi connectivity index (χ3n) is 6.97. The van der Waals surface area contributed by atoms with E-state index in [1.165, 1.54) is 25.3 Å². The predicted octanol–water partition coefficient (Wildman–Crippen LogP) is 6.93. The number of halogens is 4. The van der Waals surface area contributed by atoms with Gasteiger partial charge in [-0.05, 0) is 60.0 Å². The van der Waals surface area contributed by atoms with Crippen molar-refractivity contribution >= 4 is 17.6 Å². The van der Waals surface area contributed by atoms with Gasteiger partial charge in [0.2, 0.25) is 0 Å². The SMILES string of the molecule is Cc1cc(Nc2ccc(F)cc2)c(C=N)cc1C1CN(Cc2ccccc2)CCN1CC(C)C(F)(F)F. The second kappa shape index (κ2) is 11.4. The molecule has 0 saturated carbocycles. The first-order valence-corrected chi connectivity index (χ1v) is 12.4. The number of nitrogens with zero attached hydrogens (tertiary/aromatic N) is 2. The van der Waals surface area contributed by atoms with Crippen molar-refractivity contribution in [2.75, 3.05) is 31.5 Å². The van der Waals surface area contributed by atoms with Crippen LogP contribution in [-0.4, -0.2) is 48.4 Å². The summed E-state index contributed by atoms with van der Waals surface area (Å²) in [6.45, 7) is 5.61. The fraction of sp³-hybridized carbons (Fsp3) is 0.345. The average molecular weight is 513 g/mol. The number of nitrogens with one attached hydrogen (secondary N) is 2. The number of aryl methyl sites for hydroxylation is 1. The van der Waals surface area contributed by atoms with Gasteiger partial charge in [-0.25, -0.2) is 4.39 Å². The standard InChI is InChI=1S/C29H32F4N4/c1-20-14-27(35-25-10-8-24(30)9-11-25)23(16-34)15-26(20)28-19-36(18-22-6-4-3-5-7-22)12-13-37(28)17-21(2)29(31,32)33/h3-11,14-16,21,28,34-35H,12-13,17-19H2,1-2H3. The van der Waals surface area contributed by atoms with E-state index in [0.717, 1.165) is 23.2 Å². The molecule has 1 saturated heterocycles. The van der Waals surface area contributed by atoms with E-state index < -0.39 is 12.1 Å². The smallest absolute Gasteiger partial charge is 0.355 e. The number of rotatable bonds is 8. The first-order valence-electron chi connectivity index (χ1n) is 12.4. The maximum atomic E-state index is 13.5. The Hall–Kier alpha value is -3.23. The normalized spacial score (nSPS) is 17.9. The maximum absolute atomic E-state index is 13.5. The summed E-state index contributed by atoms with van der Waals surface area (Å²) >= 11 is 0. The summed E-state index contributed by atoms with van der Waals surface area (Å²) in [4.78, 5) is 4.21. The quantitative estimate of drug-likeness (QED) is 0.254. The van der Waals surface area contributed by atoms with E-state index in [2.05, 4.69) is 22.3 Å². The molecule has 1 fully saturated rings. The third kappa shape index (κ3) is 6.76. The summed E-state index contributed by atoms with van der Waals surface area (Å²) in [5.41, 5.74) is 4.99. The van der Waals surface area contributed by atoms with Crippen molar-refractivity contribution in [3.8, 4) is 0 Å². The Labute approximate surface area is 215 Å². The predicted molar refractivity (Wildman–Crippen MR) is 140 cm³/mol. The molecule has 196 valence electrons. The van der Waals surface area contributed by atoms with Crippen molar-refractivity contribution in [2.24, 2.45) is 5.92 Å². The molecule has 4 rings (SSSR count). The van der Waals surface area contributed by atoms with Gasteiger partial charge in [-0.15, -0.1) is 0 Å². The van der Waals surface area contributed by atoms with Gasteiger partial charge in [0.05, 0.1) is 5.92 Å². The van der Waals surface area contributed by atoms with Gasteiger partial charge in [0.15, 0.2) is 0 Å². The van der Waals surface area contributed by atoms with Crippen LogP contribution < -0.4 is 5.32 Å². The van der Waals surface area contributed by atoms with E-state index >= 15 is 0 Å². The van der Waals surface area contributed by atoms with Gasteiger partial charge in [0, 0.05) is 61.9 Å². The number of benzene rings is 3. The van der Waals surface area contributed by atoms with Gasteiger partial charge < -0.3 is 10.7 Å². The monoisotopic (exact) mass is 512 g/mol. The molecule has 3 aromatic rings. The molecule has 0 amide bonds. The summed E-state index contributed by atoms with van der Waals surface area (Å²) in [6, 6.07) is 19.6. The first-order chi connectivity index (χ1) is 17.6. The highest BCUT2D eigenvalue weighted by atomic mass is 19.4. The van der Waals surface area contributed by atoms with Gasteiger partial charge in [-0.2, -0.15) is 13.2 Å². The van der Waals surface area contributed by atoms with Crippen LogP contribution in [0, 0.1) is 24.1 Å². The Bertz CT molecular complexity index is 1200. The van der Waals surface area contributed by atoms with Crippen molar-refractivity contribution in [1.82, 2.24) is 9.80 Å². The molecule has 3 aromatic carbocycles. The summed E-state index contributed by atoms with van der Waals surface area (Å²) in [5.74, 6) is -1.78. The second-order valence-electron chi connectivity index (χ2n) is 9.75. The van der Waals surface area contributed by atoms with Crippen LogP contribution >= 0.6 is 0 Å². The van der Waals surface area contributed by atoms with E-state index in [4.69, 9.17) is 5.41 Å². The topological polar surface area (TPSA) is 42.4 Å². The average Bonchev–Trinajstić information content (AvgIpc) is 2.86. The van der Waals surface area contributed by atoms with Crippen molar-refractivity contribution in [3.63, 3.8) is 0 Å². The van der Waals surface area contributed by atoms with Crippen LogP contribution in [-0.2, 0) is 6.54 Å². The molecular weight excluding hydrogens is 480 g/mol. The lowest BCUT2D eigenvalue weighted by atomic mass is 9.93. The molecule has 0 spiro atoms. The Morgan fingerprint density at radius 1 is 1.05 bits per heavy atom. The fourth-order valence-corrected chi connectivity index (χ4v) is 4.85. The highest BCUT2D eigenvalue weighted by Gasteiger charge is 2.39. The van der Waals surface area contributed by atoms with Crippen LogP contribution in [0.4, 0.5) is 28.9 Å². The minimum Gasteiger partial charge on any atom is -0.355 e. The Morgan fingerprint density at radius 3 is 2.41 bits per heavy atom. The van der Waals surface area contributed by atoms with Crippen LogP contribution in [0.5, 0.6) is 0 Å². The Balaban J connectivity index is 1.64. The van der Waals surface area contributed by atoms with Gasteiger partial charge in [-0.1, -0.05) is 37.3 Å². The van der Waals surface area contributed by atoms with E-state index in [1.807, 2.05) is 42.2 Å². The number of hydrogen-bond acceptors (Lipinski definition) is 4. The molecule has 2 unspecified atom stereocenters. The lowest BCUT2D eigenvalue weighted by Crippen LogP contribution is -2.50. The van der Waals surface area contributed by atoms with E-state index in [9.17, 15) is 17.6 Å². The molecule has 8 heteroatoms. The van der Waals surface area contributed by atoms with E-state index in [-0.39, 0.29) is 18.4 Å². The molecule has 0 bridgehead atoms. The zero-order valence-corrected chi connectivity index (χ0v) is 21.0. The highest BCUT2D eigenvalue weighted by Crippen LogP contribution is 2.35. The van der Waals surface area contributed by atoms with Gasteiger partial charge >= 0.3 is 6.18 Å². The van der Waals surface area contributed by atoms with Gasteiger partial charge in [-0.3, -0.25) is 9.80 Å². The summed E-state index contributed by atoms with van der Waals surface area (Å²) in [6.07, 6.45) is -3.02. The molecule has 2 N–H and O–H groups in total. The first kappa shape index (κ1) is 26.8.